The average Bonchev–Trinajstić information content (AvgIpc) is 3.00. The summed E-state index contributed by atoms with van der Waals surface area (Å²) in [5.41, 5.74) is -2.28. The number of hydrogen-bond acceptors (Lipinski definition) is 4. The molecule has 0 aliphatic carbocycles. The van der Waals surface area contributed by atoms with Gasteiger partial charge in [0.05, 0.1) is 29.9 Å². The third-order valence-corrected chi connectivity index (χ3v) is 4.41. The third-order valence-electron chi connectivity index (χ3n) is 4.04. The molecular formula is C16H8ClF4N5O. The molecule has 0 spiro atoms. The lowest BCUT2D eigenvalue weighted by Crippen LogP contribution is -2.22. The lowest BCUT2D eigenvalue weighted by Gasteiger charge is -2.14. The van der Waals surface area contributed by atoms with Crippen LogP contribution in [0.15, 0.2) is 35.6 Å². The zero-order chi connectivity index (χ0) is 19.5. The fourth-order valence-electron chi connectivity index (χ4n) is 2.86. The molecule has 0 unspecified atom stereocenters. The highest BCUT2D eigenvalue weighted by Crippen LogP contribution is 2.32. The number of pyridine rings is 3. The van der Waals surface area contributed by atoms with Crippen LogP contribution in [0.4, 0.5) is 17.6 Å². The summed E-state index contributed by atoms with van der Waals surface area (Å²) in [7, 11) is 1.59. The summed E-state index contributed by atoms with van der Waals surface area (Å²) in [5, 5.41) is -0.249. The molecule has 0 fully saturated rings. The van der Waals surface area contributed by atoms with Crippen LogP contribution in [-0.4, -0.2) is 24.1 Å². The molecule has 4 aromatic heterocycles. The van der Waals surface area contributed by atoms with Crippen LogP contribution in [0.1, 0.15) is 5.69 Å². The number of alkyl halides is 3. The van der Waals surface area contributed by atoms with Crippen molar-refractivity contribution in [1.82, 2.24) is 24.1 Å². The second-order valence-corrected chi connectivity index (χ2v) is 6.09. The van der Waals surface area contributed by atoms with Crippen LogP contribution >= 0.6 is 11.6 Å². The minimum Gasteiger partial charge on any atom is -0.333 e. The zero-order valence-electron chi connectivity index (χ0n) is 13.4. The molecule has 138 valence electrons. The van der Waals surface area contributed by atoms with Crippen molar-refractivity contribution in [2.24, 2.45) is 7.05 Å². The molecule has 0 bridgehead atoms. The lowest BCUT2D eigenvalue weighted by atomic mass is 10.2. The Kier molecular flexibility index (Phi) is 3.70. The zero-order valence-corrected chi connectivity index (χ0v) is 14.2. The molecule has 0 aromatic carbocycles. The van der Waals surface area contributed by atoms with E-state index in [0.29, 0.717) is 5.52 Å². The van der Waals surface area contributed by atoms with Crippen molar-refractivity contribution in [1.29, 1.82) is 0 Å². The van der Waals surface area contributed by atoms with Crippen LogP contribution in [0.3, 0.4) is 0 Å². The first-order chi connectivity index (χ1) is 12.7. The number of imidazole rings is 1. The Balaban J connectivity index is 2.26. The van der Waals surface area contributed by atoms with E-state index in [2.05, 4.69) is 15.0 Å². The third kappa shape index (κ3) is 2.55. The smallest absolute Gasteiger partial charge is 0.333 e. The molecule has 0 atom stereocenters. The maximum absolute atomic E-state index is 13.9. The van der Waals surface area contributed by atoms with E-state index in [9.17, 15) is 22.4 Å². The van der Waals surface area contributed by atoms with Crippen LogP contribution in [0.25, 0.3) is 27.8 Å². The molecule has 0 radical (unpaired) electrons. The number of halogens is 5. The standard InChI is InChI=1S/C16H8ClF4N5O/c1-25-6-23-12-13(25)7-2-3-10(16(19,20)21)24-14(7)26(15(12)27)9-5-22-4-8(18)11(9)17/h2-6H,1H3. The van der Waals surface area contributed by atoms with E-state index < -0.39 is 28.3 Å². The maximum atomic E-state index is 13.9. The first-order valence-corrected chi connectivity index (χ1v) is 7.81. The van der Waals surface area contributed by atoms with Crippen LogP contribution in [0.2, 0.25) is 5.02 Å². The topological polar surface area (TPSA) is 65.6 Å². The Bertz CT molecular complexity index is 1280. The minimum atomic E-state index is -4.74. The molecule has 0 saturated heterocycles. The van der Waals surface area contributed by atoms with E-state index in [1.54, 1.807) is 7.05 Å². The Labute approximate surface area is 152 Å². The number of nitrogens with zero attached hydrogens (tertiary/aromatic N) is 5. The minimum absolute atomic E-state index is 0.0214. The summed E-state index contributed by atoms with van der Waals surface area (Å²) < 4.78 is 55.6. The van der Waals surface area contributed by atoms with Crippen molar-refractivity contribution in [2.75, 3.05) is 0 Å². The highest BCUT2D eigenvalue weighted by atomic mass is 35.5. The van der Waals surface area contributed by atoms with E-state index in [-0.39, 0.29) is 22.2 Å². The van der Waals surface area contributed by atoms with Gasteiger partial charge in [-0.2, -0.15) is 13.2 Å². The van der Waals surface area contributed by atoms with Gasteiger partial charge in [0.25, 0.3) is 5.56 Å². The van der Waals surface area contributed by atoms with Gasteiger partial charge in [0.2, 0.25) is 0 Å². The van der Waals surface area contributed by atoms with E-state index in [0.717, 1.165) is 23.0 Å². The summed E-state index contributed by atoms with van der Waals surface area (Å²) in [4.78, 5) is 24.2. The molecule has 0 aliphatic rings. The number of aromatic nitrogens is 5. The van der Waals surface area contributed by atoms with Gasteiger partial charge in [-0.3, -0.25) is 14.3 Å². The highest BCUT2D eigenvalue weighted by molar-refractivity contribution is 6.32. The van der Waals surface area contributed by atoms with Gasteiger partial charge in [0.1, 0.15) is 16.4 Å². The Morgan fingerprint density at radius 3 is 2.63 bits per heavy atom. The van der Waals surface area contributed by atoms with Crippen LogP contribution < -0.4 is 5.56 Å². The highest BCUT2D eigenvalue weighted by Gasteiger charge is 2.33. The lowest BCUT2D eigenvalue weighted by molar-refractivity contribution is -0.141. The summed E-state index contributed by atoms with van der Waals surface area (Å²) in [5.74, 6) is -0.928. The molecule has 4 heterocycles. The Hall–Kier alpha value is -3.01. The second-order valence-electron chi connectivity index (χ2n) is 5.71. The molecule has 6 nitrogen and oxygen atoms in total. The van der Waals surface area contributed by atoms with Crippen LogP contribution in [-0.2, 0) is 13.2 Å². The van der Waals surface area contributed by atoms with Gasteiger partial charge in [-0.1, -0.05) is 11.6 Å². The number of fused-ring (bicyclic) bond motifs is 3. The van der Waals surface area contributed by atoms with E-state index in [4.69, 9.17) is 11.6 Å². The monoisotopic (exact) mass is 397 g/mol. The summed E-state index contributed by atoms with van der Waals surface area (Å²) in [6.07, 6.45) is -1.49. The van der Waals surface area contributed by atoms with Crippen molar-refractivity contribution in [3.8, 4) is 5.69 Å². The predicted octanol–water partition coefficient (Wildman–Crippen LogP) is 3.48. The first kappa shape index (κ1) is 17.4. The molecule has 0 amide bonds. The molecule has 4 rings (SSSR count). The fourth-order valence-corrected chi connectivity index (χ4v) is 3.04. The molecule has 0 N–H and O–H groups in total. The van der Waals surface area contributed by atoms with Crippen LogP contribution in [0.5, 0.6) is 0 Å². The molecule has 4 aromatic rings. The van der Waals surface area contributed by atoms with E-state index in [1.165, 1.54) is 17.0 Å². The van der Waals surface area contributed by atoms with Gasteiger partial charge < -0.3 is 4.57 Å². The van der Waals surface area contributed by atoms with Crippen molar-refractivity contribution >= 4 is 33.7 Å². The summed E-state index contributed by atoms with van der Waals surface area (Å²) in [6, 6.07) is 1.99. The summed E-state index contributed by atoms with van der Waals surface area (Å²) in [6.45, 7) is 0. The molecule has 27 heavy (non-hydrogen) atoms. The van der Waals surface area contributed by atoms with Crippen molar-refractivity contribution in [3.05, 3.63) is 57.7 Å². The van der Waals surface area contributed by atoms with Gasteiger partial charge >= 0.3 is 6.18 Å². The SMILES string of the molecule is Cn1cnc2c(=O)n(-c3cncc(F)c3Cl)c3nc(C(F)(F)F)ccc3c21. The van der Waals surface area contributed by atoms with Crippen molar-refractivity contribution < 1.29 is 17.6 Å². The number of hydrogen-bond donors (Lipinski definition) is 0. The maximum Gasteiger partial charge on any atom is 0.433 e. The molecule has 11 heteroatoms. The Morgan fingerprint density at radius 1 is 1.19 bits per heavy atom. The number of aryl methyl sites for hydroxylation is 1. The normalized spacial score (nSPS) is 12.2. The average molecular weight is 398 g/mol. The van der Waals surface area contributed by atoms with Crippen molar-refractivity contribution in [3.63, 3.8) is 0 Å². The van der Waals surface area contributed by atoms with E-state index in [1.807, 2.05) is 0 Å². The first-order valence-electron chi connectivity index (χ1n) is 7.43. The van der Waals surface area contributed by atoms with Gasteiger partial charge in [0, 0.05) is 12.4 Å². The van der Waals surface area contributed by atoms with E-state index >= 15 is 0 Å². The van der Waals surface area contributed by atoms with Gasteiger partial charge in [-0.25, -0.2) is 14.4 Å². The quantitative estimate of drug-likeness (QED) is 0.461. The second kappa shape index (κ2) is 5.74. The van der Waals surface area contributed by atoms with Crippen molar-refractivity contribution in [2.45, 2.75) is 6.18 Å². The largest absolute Gasteiger partial charge is 0.433 e. The summed E-state index contributed by atoms with van der Waals surface area (Å²) >= 11 is 5.94. The van der Waals surface area contributed by atoms with Gasteiger partial charge in [0.15, 0.2) is 11.3 Å². The van der Waals surface area contributed by atoms with Gasteiger partial charge in [-0.05, 0) is 12.1 Å². The Morgan fingerprint density at radius 2 is 1.93 bits per heavy atom. The molecule has 0 aliphatic heterocycles. The van der Waals surface area contributed by atoms with Gasteiger partial charge in [-0.15, -0.1) is 0 Å². The molecular weight excluding hydrogens is 390 g/mol. The fraction of sp³-hybridized carbons (Fsp3) is 0.125. The van der Waals surface area contributed by atoms with Crippen LogP contribution in [0, 0.1) is 5.82 Å². The molecule has 0 saturated carbocycles. The number of rotatable bonds is 1. The predicted molar refractivity (Wildman–Crippen MR) is 89.4 cm³/mol.